The molecule has 8 heteroatoms. The molecule has 0 saturated carbocycles. The lowest BCUT2D eigenvalue weighted by atomic mass is 9.97. The van der Waals surface area contributed by atoms with Crippen molar-refractivity contribution in [2.45, 2.75) is 39.2 Å². The number of nitrogens with one attached hydrogen (secondary N) is 1. The second kappa shape index (κ2) is 10.0. The number of hydrogen-bond donors (Lipinski definition) is 1. The summed E-state index contributed by atoms with van der Waals surface area (Å²) in [4.78, 5) is 22.7. The number of esters is 1. The van der Waals surface area contributed by atoms with E-state index in [1.165, 1.54) is 7.11 Å². The number of aryl methyl sites for hydroxylation is 1. The van der Waals surface area contributed by atoms with Gasteiger partial charge in [0.25, 0.3) is 5.89 Å². The topological polar surface area (TPSA) is 92.9 Å². The van der Waals surface area contributed by atoms with E-state index in [9.17, 15) is 4.79 Å². The smallest absolute Gasteiger partial charge is 0.308 e. The van der Waals surface area contributed by atoms with E-state index in [-0.39, 0.29) is 11.9 Å². The molecule has 2 aromatic rings. The maximum absolute atomic E-state index is 11.7. The molecule has 29 heavy (non-hydrogen) atoms. The largest absolute Gasteiger partial charge is 0.469 e. The Morgan fingerprint density at radius 2 is 2.17 bits per heavy atom. The van der Waals surface area contributed by atoms with Crippen molar-refractivity contribution in [1.29, 1.82) is 0 Å². The third-order valence-electron chi connectivity index (χ3n) is 5.11. The van der Waals surface area contributed by atoms with Gasteiger partial charge < -0.3 is 19.5 Å². The van der Waals surface area contributed by atoms with Gasteiger partial charge >= 0.3 is 5.97 Å². The van der Waals surface area contributed by atoms with Gasteiger partial charge in [0.1, 0.15) is 0 Å². The second-order valence-corrected chi connectivity index (χ2v) is 7.15. The molecule has 2 heterocycles. The Morgan fingerprint density at radius 1 is 1.38 bits per heavy atom. The number of rotatable bonds is 6. The van der Waals surface area contributed by atoms with Crippen molar-refractivity contribution in [2.24, 2.45) is 10.9 Å². The van der Waals surface area contributed by atoms with Gasteiger partial charge in [0, 0.05) is 38.7 Å². The highest BCUT2D eigenvalue weighted by molar-refractivity contribution is 5.80. The molecule has 0 aliphatic carbocycles. The molecule has 0 atom stereocenters. The lowest BCUT2D eigenvalue weighted by molar-refractivity contribution is -0.146. The lowest BCUT2D eigenvalue weighted by Crippen LogP contribution is -2.46. The molecule has 1 fully saturated rings. The standard InChI is InChI=1S/C21H29N5O3/c1-4-6-18-24-19(29-25-18)17-8-5-7-15(13-17)14-23-21(22-2)26-11-9-16(10-12-26)20(27)28-3/h5,7-8,13,16H,4,6,9-12,14H2,1-3H3,(H,22,23). The molecule has 1 aromatic heterocycles. The number of ether oxygens (including phenoxy) is 1. The SMILES string of the molecule is CCCc1noc(-c2cccc(CNC(=NC)N3CCC(C(=O)OC)CC3)c2)n1. The Hall–Kier alpha value is -2.90. The van der Waals surface area contributed by atoms with E-state index in [0.717, 1.165) is 61.7 Å². The number of guanidine groups is 1. The molecule has 1 N–H and O–H groups in total. The molecule has 1 aromatic carbocycles. The monoisotopic (exact) mass is 399 g/mol. The highest BCUT2D eigenvalue weighted by Gasteiger charge is 2.26. The summed E-state index contributed by atoms with van der Waals surface area (Å²) in [6, 6.07) is 8.06. The molecule has 0 spiro atoms. The number of aliphatic imine (C=N–C) groups is 1. The molecule has 1 aliphatic heterocycles. The molecule has 1 aliphatic rings. The zero-order valence-electron chi connectivity index (χ0n) is 17.4. The van der Waals surface area contributed by atoms with Crippen molar-refractivity contribution in [2.75, 3.05) is 27.2 Å². The minimum absolute atomic E-state index is 0.0157. The van der Waals surface area contributed by atoms with Gasteiger partial charge in [0.05, 0.1) is 13.0 Å². The van der Waals surface area contributed by atoms with Gasteiger partial charge in [-0.3, -0.25) is 9.79 Å². The van der Waals surface area contributed by atoms with E-state index in [0.29, 0.717) is 12.4 Å². The van der Waals surface area contributed by atoms with Gasteiger partial charge in [-0.05, 0) is 37.0 Å². The summed E-state index contributed by atoms with van der Waals surface area (Å²) in [5.74, 6) is 1.98. The van der Waals surface area contributed by atoms with E-state index >= 15 is 0 Å². The molecule has 8 nitrogen and oxygen atoms in total. The van der Waals surface area contributed by atoms with Crippen LogP contribution in [0.15, 0.2) is 33.8 Å². The molecule has 0 unspecified atom stereocenters. The zero-order chi connectivity index (χ0) is 20.6. The van der Waals surface area contributed by atoms with Gasteiger partial charge in [0.2, 0.25) is 0 Å². The summed E-state index contributed by atoms with van der Waals surface area (Å²) < 4.78 is 10.2. The van der Waals surface area contributed by atoms with Crippen molar-refractivity contribution in [3.8, 4) is 11.5 Å². The summed E-state index contributed by atoms with van der Waals surface area (Å²) in [5, 5.41) is 7.44. The van der Waals surface area contributed by atoms with Crippen LogP contribution in [0, 0.1) is 5.92 Å². The van der Waals surface area contributed by atoms with Crippen LogP contribution in [0.25, 0.3) is 11.5 Å². The molecule has 3 rings (SSSR count). The molecule has 0 amide bonds. The van der Waals surface area contributed by atoms with E-state index in [4.69, 9.17) is 9.26 Å². The van der Waals surface area contributed by atoms with Gasteiger partial charge in [0.15, 0.2) is 11.8 Å². The van der Waals surface area contributed by atoms with Crippen LogP contribution in [-0.2, 0) is 22.5 Å². The Kier molecular flexibility index (Phi) is 7.21. The van der Waals surface area contributed by atoms with Crippen molar-refractivity contribution in [3.05, 3.63) is 35.7 Å². The van der Waals surface area contributed by atoms with Crippen LogP contribution in [0.4, 0.5) is 0 Å². The van der Waals surface area contributed by atoms with Crippen molar-refractivity contribution in [3.63, 3.8) is 0 Å². The Morgan fingerprint density at radius 3 is 2.86 bits per heavy atom. The van der Waals surface area contributed by atoms with Gasteiger partial charge in [-0.25, -0.2) is 0 Å². The number of benzene rings is 1. The molecule has 0 radical (unpaired) electrons. The van der Waals surface area contributed by atoms with E-state index in [1.54, 1.807) is 7.05 Å². The summed E-state index contributed by atoms with van der Waals surface area (Å²) in [6.45, 7) is 4.28. The average molecular weight is 399 g/mol. The van der Waals surface area contributed by atoms with E-state index in [1.807, 2.05) is 18.2 Å². The van der Waals surface area contributed by atoms with E-state index in [2.05, 4.69) is 38.3 Å². The number of nitrogens with zero attached hydrogens (tertiary/aromatic N) is 4. The fraction of sp³-hybridized carbons (Fsp3) is 0.524. The van der Waals surface area contributed by atoms with Gasteiger partial charge in [-0.2, -0.15) is 4.98 Å². The predicted molar refractivity (Wildman–Crippen MR) is 110 cm³/mol. The van der Waals surface area contributed by atoms with Crippen molar-refractivity contribution >= 4 is 11.9 Å². The lowest BCUT2D eigenvalue weighted by Gasteiger charge is -2.33. The highest BCUT2D eigenvalue weighted by atomic mass is 16.5. The second-order valence-electron chi connectivity index (χ2n) is 7.15. The number of methoxy groups -OCH3 is 1. The number of likely N-dealkylation sites (tertiary alicyclic amines) is 1. The Bertz CT molecular complexity index is 840. The fourth-order valence-corrected chi connectivity index (χ4v) is 3.52. The highest BCUT2D eigenvalue weighted by Crippen LogP contribution is 2.20. The van der Waals surface area contributed by atoms with Gasteiger partial charge in [-0.1, -0.05) is 24.2 Å². The Balaban J connectivity index is 1.58. The summed E-state index contributed by atoms with van der Waals surface area (Å²) >= 11 is 0. The van der Waals surface area contributed by atoms with Crippen LogP contribution in [0.5, 0.6) is 0 Å². The first kappa shape index (κ1) is 20.8. The number of aromatic nitrogens is 2. The normalized spacial score (nSPS) is 15.4. The van der Waals surface area contributed by atoms with Crippen LogP contribution >= 0.6 is 0 Å². The predicted octanol–water partition coefficient (Wildman–Crippen LogP) is 2.65. The number of carbonyl (C=O) groups is 1. The maximum Gasteiger partial charge on any atom is 0.308 e. The molecule has 0 bridgehead atoms. The first-order valence-electron chi connectivity index (χ1n) is 10.1. The first-order chi connectivity index (χ1) is 14.1. The summed E-state index contributed by atoms with van der Waals surface area (Å²) in [7, 11) is 3.22. The third kappa shape index (κ3) is 5.34. The minimum Gasteiger partial charge on any atom is -0.469 e. The van der Waals surface area contributed by atoms with Crippen LogP contribution in [0.2, 0.25) is 0 Å². The third-order valence-corrected chi connectivity index (χ3v) is 5.11. The van der Waals surface area contributed by atoms with E-state index < -0.39 is 0 Å². The first-order valence-corrected chi connectivity index (χ1v) is 10.1. The minimum atomic E-state index is -0.118. The van der Waals surface area contributed by atoms with Crippen LogP contribution in [0.3, 0.4) is 0 Å². The molecular formula is C21H29N5O3. The molecule has 1 saturated heterocycles. The Labute approximate surface area is 171 Å². The van der Waals surface area contributed by atoms with Crippen LogP contribution in [-0.4, -0.2) is 54.2 Å². The zero-order valence-corrected chi connectivity index (χ0v) is 17.4. The number of piperidine rings is 1. The van der Waals surface area contributed by atoms with Crippen molar-refractivity contribution in [1.82, 2.24) is 20.4 Å². The van der Waals surface area contributed by atoms with Crippen molar-refractivity contribution < 1.29 is 14.1 Å². The number of hydrogen-bond acceptors (Lipinski definition) is 6. The molecule has 156 valence electrons. The average Bonchev–Trinajstić information content (AvgIpc) is 3.23. The van der Waals surface area contributed by atoms with Crippen LogP contribution in [0.1, 0.15) is 37.6 Å². The fourth-order valence-electron chi connectivity index (χ4n) is 3.52. The quantitative estimate of drug-likeness (QED) is 0.453. The maximum atomic E-state index is 11.7. The van der Waals surface area contributed by atoms with Crippen LogP contribution < -0.4 is 5.32 Å². The van der Waals surface area contributed by atoms with Gasteiger partial charge in [-0.15, -0.1) is 0 Å². The molecular weight excluding hydrogens is 370 g/mol. The summed E-state index contributed by atoms with van der Waals surface area (Å²) in [6.07, 6.45) is 3.35. The summed E-state index contributed by atoms with van der Waals surface area (Å²) in [5.41, 5.74) is 2.01. The number of carbonyl (C=O) groups excluding carboxylic acids is 1.